The van der Waals surface area contributed by atoms with Crippen LogP contribution >= 0.6 is 38.9 Å². The highest BCUT2D eigenvalue weighted by Crippen LogP contribution is 2.30. The van der Waals surface area contributed by atoms with Crippen molar-refractivity contribution >= 4 is 48.9 Å². The van der Waals surface area contributed by atoms with Crippen LogP contribution in [0.3, 0.4) is 0 Å². The second kappa shape index (κ2) is 5.76. The molecule has 18 heavy (non-hydrogen) atoms. The van der Waals surface area contributed by atoms with Crippen molar-refractivity contribution in [2.75, 3.05) is 19.0 Å². The summed E-state index contributed by atoms with van der Waals surface area (Å²) in [7, 11) is -3.45. The van der Waals surface area contributed by atoms with Crippen LogP contribution in [0.15, 0.2) is 20.1 Å². The molecule has 2 atom stereocenters. The SMILES string of the molecule is CC1COC(CCl)CN1S(=O)(=O)c1ccc(Br)s1. The van der Waals surface area contributed by atoms with Crippen molar-refractivity contribution in [3.8, 4) is 0 Å². The van der Waals surface area contributed by atoms with Crippen LogP contribution in [-0.4, -0.2) is 43.9 Å². The number of ether oxygens (including phenoxy) is 1. The lowest BCUT2D eigenvalue weighted by Crippen LogP contribution is -2.51. The fourth-order valence-corrected chi connectivity index (χ4v) is 5.75. The average molecular weight is 375 g/mol. The number of morpholine rings is 1. The molecule has 0 amide bonds. The molecule has 0 radical (unpaired) electrons. The Hall–Kier alpha value is 0.340. The van der Waals surface area contributed by atoms with E-state index < -0.39 is 10.0 Å². The maximum absolute atomic E-state index is 12.5. The Bertz CT molecular complexity index is 519. The highest BCUT2D eigenvalue weighted by molar-refractivity contribution is 9.11. The predicted molar refractivity (Wildman–Crippen MR) is 75.8 cm³/mol. The topological polar surface area (TPSA) is 46.6 Å². The van der Waals surface area contributed by atoms with E-state index in [0.29, 0.717) is 23.2 Å². The number of alkyl halides is 1. The molecule has 1 aromatic rings. The number of nitrogens with zero attached hydrogens (tertiary/aromatic N) is 1. The smallest absolute Gasteiger partial charge is 0.253 e. The van der Waals surface area contributed by atoms with E-state index in [1.54, 1.807) is 12.1 Å². The molecule has 1 aromatic heterocycles. The molecule has 1 saturated heterocycles. The lowest BCUT2D eigenvalue weighted by atomic mass is 10.2. The number of hydrogen-bond acceptors (Lipinski definition) is 4. The maximum atomic E-state index is 12.5. The lowest BCUT2D eigenvalue weighted by Gasteiger charge is -2.35. The van der Waals surface area contributed by atoms with Crippen LogP contribution in [0.4, 0.5) is 0 Å². The molecule has 2 unspecified atom stereocenters. The van der Waals surface area contributed by atoms with Gasteiger partial charge in [-0.05, 0) is 35.0 Å². The van der Waals surface area contributed by atoms with Gasteiger partial charge in [-0.2, -0.15) is 4.31 Å². The van der Waals surface area contributed by atoms with Crippen LogP contribution in [0.2, 0.25) is 0 Å². The van der Waals surface area contributed by atoms with Crippen LogP contribution in [0.5, 0.6) is 0 Å². The summed E-state index contributed by atoms with van der Waals surface area (Å²) in [5.74, 6) is 0.298. The van der Waals surface area contributed by atoms with E-state index in [4.69, 9.17) is 16.3 Å². The molecule has 4 nitrogen and oxygen atoms in total. The van der Waals surface area contributed by atoms with Crippen molar-refractivity contribution in [3.05, 3.63) is 15.9 Å². The first kappa shape index (κ1) is 14.7. The maximum Gasteiger partial charge on any atom is 0.253 e. The van der Waals surface area contributed by atoms with Crippen LogP contribution < -0.4 is 0 Å². The Morgan fingerprint density at radius 3 is 2.89 bits per heavy atom. The van der Waals surface area contributed by atoms with Gasteiger partial charge in [0, 0.05) is 18.5 Å². The monoisotopic (exact) mass is 373 g/mol. The van der Waals surface area contributed by atoms with Crippen molar-refractivity contribution in [1.82, 2.24) is 4.31 Å². The van der Waals surface area contributed by atoms with E-state index in [2.05, 4.69) is 15.9 Å². The summed E-state index contributed by atoms with van der Waals surface area (Å²) in [6.07, 6.45) is -0.235. The van der Waals surface area contributed by atoms with Crippen molar-refractivity contribution in [2.24, 2.45) is 0 Å². The molecule has 0 N–H and O–H groups in total. The van der Waals surface area contributed by atoms with Gasteiger partial charge in [-0.15, -0.1) is 22.9 Å². The number of hydrogen-bond donors (Lipinski definition) is 0. The normalized spacial score (nSPS) is 26.4. The first-order chi connectivity index (χ1) is 8.45. The molecule has 1 aliphatic rings. The van der Waals surface area contributed by atoms with E-state index >= 15 is 0 Å². The van der Waals surface area contributed by atoms with Crippen molar-refractivity contribution in [3.63, 3.8) is 0 Å². The fraction of sp³-hybridized carbons (Fsp3) is 0.600. The summed E-state index contributed by atoms with van der Waals surface area (Å²) in [5.41, 5.74) is 0. The quantitative estimate of drug-likeness (QED) is 0.764. The summed E-state index contributed by atoms with van der Waals surface area (Å²) in [4.78, 5) is 0. The highest BCUT2D eigenvalue weighted by atomic mass is 79.9. The first-order valence-electron chi connectivity index (χ1n) is 5.40. The summed E-state index contributed by atoms with van der Waals surface area (Å²) in [6.45, 7) is 2.52. The van der Waals surface area contributed by atoms with Crippen LogP contribution in [0.25, 0.3) is 0 Å². The summed E-state index contributed by atoms with van der Waals surface area (Å²) < 4.78 is 33.1. The third-order valence-corrected chi connectivity index (χ3v) is 7.15. The Balaban J connectivity index is 2.28. The van der Waals surface area contributed by atoms with E-state index in [0.717, 1.165) is 3.79 Å². The molecule has 8 heteroatoms. The zero-order valence-electron chi connectivity index (χ0n) is 9.68. The Morgan fingerprint density at radius 1 is 1.61 bits per heavy atom. The Labute approximate surface area is 124 Å². The minimum Gasteiger partial charge on any atom is -0.374 e. The number of sulfonamides is 1. The van der Waals surface area contributed by atoms with Gasteiger partial charge < -0.3 is 4.74 Å². The minimum atomic E-state index is -3.45. The average Bonchev–Trinajstić information content (AvgIpc) is 2.77. The summed E-state index contributed by atoms with van der Waals surface area (Å²) in [5, 5.41) is 0. The molecule has 1 aliphatic heterocycles. The molecule has 0 spiro atoms. The Morgan fingerprint density at radius 2 is 2.33 bits per heavy atom. The van der Waals surface area contributed by atoms with Gasteiger partial charge in [0.05, 0.1) is 16.5 Å². The summed E-state index contributed by atoms with van der Waals surface area (Å²) in [6, 6.07) is 3.18. The molecule has 2 rings (SSSR count). The zero-order chi connectivity index (χ0) is 13.3. The Kier molecular flexibility index (Phi) is 4.72. The molecular weight excluding hydrogens is 362 g/mol. The van der Waals surface area contributed by atoms with Gasteiger partial charge in [0.25, 0.3) is 10.0 Å². The van der Waals surface area contributed by atoms with Crippen molar-refractivity contribution in [1.29, 1.82) is 0 Å². The van der Waals surface area contributed by atoms with Crippen LogP contribution in [0.1, 0.15) is 6.92 Å². The van der Waals surface area contributed by atoms with Gasteiger partial charge in [0.1, 0.15) is 4.21 Å². The second-order valence-corrected chi connectivity index (χ2v) is 8.98. The van der Waals surface area contributed by atoms with E-state index in [1.807, 2.05) is 6.92 Å². The second-order valence-electron chi connectivity index (χ2n) is 4.09. The third kappa shape index (κ3) is 2.91. The van der Waals surface area contributed by atoms with Gasteiger partial charge in [0.2, 0.25) is 0 Å². The largest absolute Gasteiger partial charge is 0.374 e. The molecular formula is C10H13BrClNO3S2. The minimum absolute atomic E-state index is 0.171. The van der Waals surface area contributed by atoms with Gasteiger partial charge in [-0.3, -0.25) is 0 Å². The van der Waals surface area contributed by atoms with E-state index in [-0.39, 0.29) is 12.1 Å². The third-order valence-electron chi connectivity index (χ3n) is 2.73. The molecule has 0 aromatic carbocycles. The van der Waals surface area contributed by atoms with E-state index in [9.17, 15) is 8.42 Å². The van der Waals surface area contributed by atoms with Crippen LogP contribution in [-0.2, 0) is 14.8 Å². The lowest BCUT2D eigenvalue weighted by molar-refractivity contribution is -0.0151. The number of halogens is 2. The van der Waals surface area contributed by atoms with Gasteiger partial charge in [-0.1, -0.05) is 0 Å². The van der Waals surface area contributed by atoms with Gasteiger partial charge in [-0.25, -0.2) is 8.42 Å². The molecule has 0 aliphatic carbocycles. The van der Waals surface area contributed by atoms with Crippen molar-refractivity contribution < 1.29 is 13.2 Å². The highest BCUT2D eigenvalue weighted by Gasteiger charge is 2.35. The number of rotatable bonds is 3. The molecule has 0 saturated carbocycles. The first-order valence-corrected chi connectivity index (χ1v) is 8.98. The predicted octanol–water partition coefficient (Wildman–Crippen LogP) is 2.53. The van der Waals surface area contributed by atoms with Crippen LogP contribution in [0, 0.1) is 0 Å². The molecule has 102 valence electrons. The molecule has 2 heterocycles. The molecule has 0 bridgehead atoms. The summed E-state index contributed by atoms with van der Waals surface area (Å²) >= 11 is 10.2. The van der Waals surface area contributed by atoms with Gasteiger partial charge >= 0.3 is 0 Å². The fourth-order valence-electron chi connectivity index (χ4n) is 1.77. The van der Waals surface area contributed by atoms with Crippen molar-refractivity contribution in [2.45, 2.75) is 23.3 Å². The molecule has 1 fully saturated rings. The van der Waals surface area contributed by atoms with Gasteiger partial charge in [0.15, 0.2) is 0 Å². The number of thiophene rings is 1. The zero-order valence-corrected chi connectivity index (χ0v) is 13.7. The van der Waals surface area contributed by atoms with E-state index in [1.165, 1.54) is 15.6 Å². The standard InChI is InChI=1S/C10H13BrClNO3S2/c1-7-6-16-8(4-12)5-13(7)18(14,15)10-3-2-9(11)17-10/h2-3,7-8H,4-6H2,1H3.